The van der Waals surface area contributed by atoms with Gasteiger partial charge in [0.2, 0.25) is 5.88 Å². The molecule has 15 heteroatoms. The van der Waals surface area contributed by atoms with E-state index in [1.807, 2.05) is 17.0 Å². The van der Waals surface area contributed by atoms with Gasteiger partial charge in [-0.15, -0.1) is 0 Å². The molecule has 4 N–H and O–H groups in total. The van der Waals surface area contributed by atoms with Gasteiger partial charge < -0.3 is 29.8 Å². The predicted octanol–water partition coefficient (Wildman–Crippen LogP) is 4.63. The van der Waals surface area contributed by atoms with E-state index in [1.54, 1.807) is 31.3 Å². The van der Waals surface area contributed by atoms with Crippen LogP contribution in [-0.4, -0.2) is 71.8 Å². The van der Waals surface area contributed by atoms with E-state index in [0.717, 1.165) is 24.3 Å². The largest absolute Gasteiger partial charge is 0.468 e. The number of aromatic amines is 1. The van der Waals surface area contributed by atoms with Gasteiger partial charge in [0, 0.05) is 30.8 Å². The molecule has 4 aromatic rings. The Kier molecular flexibility index (Phi) is 8.21. The van der Waals surface area contributed by atoms with E-state index >= 15 is 0 Å². The van der Waals surface area contributed by atoms with Gasteiger partial charge in [0.05, 0.1) is 39.3 Å². The fourth-order valence-corrected chi connectivity index (χ4v) is 7.79. The molecule has 3 aliphatic rings. The minimum absolute atomic E-state index is 0.0904. The third kappa shape index (κ3) is 6.16. The summed E-state index contributed by atoms with van der Waals surface area (Å²) in [5.41, 5.74) is 0.870. The van der Waals surface area contributed by atoms with Gasteiger partial charge in [-0.25, -0.2) is 13.1 Å². The summed E-state index contributed by atoms with van der Waals surface area (Å²) in [7, 11) is -4.52. The zero-order valence-corrected chi connectivity index (χ0v) is 27.0. The Morgan fingerprint density at radius 3 is 2.73 bits per heavy atom. The molecule has 4 heterocycles. The molecule has 1 aliphatic carbocycles. The lowest BCUT2D eigenvalue weighted by Crippen LogP contribution is -2.53. The van der Waals surface area contributed by atoms with E-state index in [-0.39, 0.29) is 29.3 Å². The highest BCUT2D eigenvalue weighted by Gasteiger charge is 2.41. The van der Waals surface area contributed by atoms with E-state index in [4.69, 9.17) is 9.47 Å². The number of fused-ring (bicyclic) bond motifs is 3. The standard InChI is InChI=1S/C33H36N6O8S/c1-33(41)12-8-20(9-13-33)18-35-24-7-6-22(17-27(24)39(42)43)48(44,45)37-31(40)23-4-2-3-5-25(23)38-26-11-15-46-19-29(26)47-32-28(38)16-21-10-14-34-30(21)36-32/h2-7,10,14,16-17,20,26,29,35,41H,8-9,11-13,15,18-19H2,1H3,(H,34,36)(H,37,40)/t20?,26-,29-,33?/m0/s1. The first-order valence-corrected chi connectivity index (χ1v) is 17.4. The quantitative estimate of drug-likeness (QED) is 0.150. The summed E-state index contributed by atoms with van der Waals surface area (Å²) in [6, 6.07) is 13.8. The number of hydrogen-bond acceptors (Lipinski definition) is 11. The molecule has 0 spiro atoms. The van der Waals surface area contributed by atoms with Crippen LogP contribution < -0.4 is 19.7 Å². The number of anilines is 3. The normalized spacial score (nSPS) is 23.9. The molecule has 1 saturated heterocycles. The highest BCUT2D eigenvalue weighted by Crippen LogP contribution is 2.44. The Bertz CT molecular complexity index is 1990. The number of nitro groups is 1. The van der Waals surface area contributed by atoms with Gasteiger partial charge in [0.1, 0.15) is 23.1 Å². The van der Waals surface area contributed by atoms with Gasteiger partial charge in [-0.3, -0.25) is 14.9 Å². The van der Waals surface area contributed by atoms with Crippen LogP contribution in [0.5, 0.6) is 5.88 Å². The molecule has 252 valence electrons. The molecular weight excluding hydrogens is 640 g/mol. The molecule has 1 saturated carbocycles. The van der Waals surface area contributed by atoms with Gasteiger partial charge >= 0.3 is 0 Å². The molecule has 1 amide bonds. The number of amides is 1. The van der Waals surface area contributed by atoms with Crippen molar-refractivity contribution >= 4 is 49.7 Å². The molecule has 0 radical (unpaired) electrons. The van der Waals surface area contributed by atoms with Crippen LogP contribution >= 0.6 is 0 Å². The Balaban J connectivity index is 1.16. The number of nitro benzene ring substituents is 1. The highest BCUT2D eigenvalue weighted by molar-refractivity contribution is 7.90. The van der Waals surface area contributed by atoms with Gasteiger partial charge in [0.15, 0.2) is 0 Å². The first kappa shape index (κ1) is 31.8. The molecule has 2 fully saturated rings. The molecule has 0 bridgehead atoms. The summed E-state index contributed by atoms with van der Waals surface area (Å²) < 4.78 is 41.1. The van der Waals surface area contributed by atoms with Gasteiger partial charge in [0.25, 0.3) is 21.6 Å². The van der Waals surface area contributed by atoms with Crippen LogP contribution in [0.15, 0.2) is 65.7 Å². The summed E-state index contributed by atoms with van der Waals surface area (Å²) in [6.45, 7) is 3.05. The third-order valence-electron chi connectivity index (χ3n) is 9.48. The Morgan fingerprint density at radius 2 is 1.94 bits per heavy atom. The van der Waals surface area contributed by atoms with Crippen LogP contribution in [0.3, 0.4) is 0 Å². The first-order valence-electron chi connectivity index (χ1n) is 15.9. The second-order valence-corrected chi connectivity index (χ2v) is 14.6. The summed E-state index contributed by atoms with van der Waals surface area (Å²) in [4.78, 5) is 34.4. The Hall–Kier alpha value is -4.73. The second-order valence-electron chi connectivity index (χ2n) is 12.9. The Morgan fingerprint density at radius 1 is 1.15 bits per heavy atom. The number of aromatic nitrogens is 2. The van der Waals surface area contributed by atoms with Crippen molar-refractivity contribution in [1.29, 1.82) is 0 Å². The number of H-pyrrole nitrogens is 1. The van der Waals surface area contributed by atoms with Crippen molar-refractivity contribution in [2.24, 2.45) is 5.92 Å². The first-order chi connectivity index (χ1) is 23.0. The highest BCUT2D eigenvalue weighted by atomic mass is 32.2. The van der Waals surface area contributed by atoms with E-state index in [0.29, 0.717) is 61.9 Å². The number of aliphatic hydroxyl groups is 1. The molecule has 2 aromatic carbocycles. The fraction of sp³-hybridized carbons (Fsp3) is 0.394. The lowest BCUT2D eigenvalue weighted by molar-refractivity contribution is -0.384. The summed E-state index contributed by atoms with van der Waals surface area (Å²) in [6.07, 6.45) is 4.80. The van der Waals surface area contributed by atoms with Crippen molar-refractivity contribution in [3.8, 4) is 5.88 Å². The monoisotopic (exact) mass is 676 g/mol. The maximum Gasteiger partial charge on any atom is 0.293 e. The topological polar surface area (TPSA) is 189 Å². The number of nitrogens with one attached hydrogen (secondary N) is 3. The van der Waals surface area contributed by atoms with Crippen molar-refractivity contribution < 1.29 is 32.7 Å². The van der Waals surface area contributed by atoms with Crippen LogP contribution in [0, 0.1) is 16.0 Å². The average molecular weight is 677 g/mol. The van der Waals surface area contributed by atoms with Crippen LogP contribution in [0.2, 0.25) is 0 Å². The van der Waals surface area contributed by atoms with Gasteiger partial charge in [-0.1, -0.05) is 12.1 Å². The predicted molar refractivity (Wildman–Crippen MR) is 177 cm³/mol. The number of nitrogens with zero attached hydrogens (tertiary/aromatic N) is 3. The zero-order chi connectivity index (χ0) is 33.6. The molecule has 48 heavy (non-hydrogen) atoms. The number of hydrogen-bond donors (Lipinski definition) is 4. The molecule has 2 aliphatic heterocycles. The third-order valence-corrected chi connectivity index (χ3v) is 10.8. The van der Waals surface area contributed by atoms with Crippen LogP contribution in [0.25, 0.3) is 11.0 Å². The average Bonchev–Trinajstić information content (AvgIpc) is 3.52. The summed E-state index contributed by atoms with van der Waals surface area (Å²) >= 11 is 0. The summed E-state index contributed by atoms with van der Waals surface area (Å²) in [5.74, 6) is -0.320. The minimum atomic E-state index is -4.52. The maximum absolute atomic E-state index is 13.8. The van der Waals surface area contributed by atoms with Crippen molar-refractivity contribution in [3.05, 3.63) is 76.5 Å². The van der Waals surface area contributed by atoms with Gasteiger partial charge in [-0.05, 0) is 81.3 Å². The molecule has 2 aromatic heterocycles. The minimum Gasteiger partial charge on any atom is -0.468 e. The van der Waals surface area contributed by atoms with Crippen LogP contribution in [0.1, 0.15) is 49.4 Å². The number of sulfonamides is 1. The van der Waals surface area contributed by atoms with E-state index < -0.39 is 37.0 Å². The lowest BCUT2D eigenvalue weighted by Gasteiger charge is -2.45. The number of para-hydroxylation sites is 1. The molecule has 7 rings (SSSR count). The van der Waals surface area contributed by atoms with Crippen LogP contribution in [-0.2, 0) is 14.8 Å². The molecule has 0 unspecified atom stereocenters. The second kappa shape index (κ2) is 12.4. The van der Waals surface area contributed by atoms with E-state index in [9.17, 15) is 28.4 Å². The molecule has 2 atom stereocenters. The number of pyridine rings is 1. The van der Waals surface area contributed by atoms with Gasteiger partial charge in [-0.2, -0.15) is 4.98 Å². The number of benzene rings is 2. The van der Waals surface area contributed by atoms with Crippen molar-refractivity contribution in [3.63, 3.8) is 0 Å². The van der Waals surface area contributed by atoms with E-state index in [2.05, 4.69) is 20.0 Å². The SMILES string of the molecule is CC1(O)CCC(CNc2ccc(S(=O)(=O)NC(=O)c3ccccc3N3c4cc5cc[nH]c5nc4O[C@H]4COCC[C@@H]43)cc2[N+](=O)[O-])CC1. The van der Waals surface area contributed by atoms with Crippen molar-refractivity contribution in [1.82, 2.24) is 14.7 Å². The van der Waals surface area contributed by atoms with Crippen molar-refractivity contribution in [2.75, 3.05) is 30.0 Å². The number of rotatable bonds is 8. The molecular formula is C33H36N6O8S. The smallest absolute Gasteiger partial charge is 0.293 e. The number of carbonyl (C=O) groups is 1. The maximum atomic E-state index is 13.8. The van der Waals surface area contributed by atoms with E-state index in [1.165, 1.54) is 18.2 Å². The van der Waals surface area contributed by atoms with Crippen molar-refractivity contribution in [2.45, 2.75) is 61.7 Å². The number of ether oxygens (including phenoxy) is 2. The zero-order valence-electron chi connectivity index (χ0n) is 26.2. The fourth-order valence-electron chi connectivity index (χ4n) is 6.80. The molecule has 14 nitrogen and oxygen atoms in total. The lowest BCUT2D eigenvalue weighted by atomic mass is 9.80. The Labute approximate surface area is 276 Å². The number of carbonyl (C=O) groups excluding carboxylic acids is 1. The summed E-state index contributed by atoms with van der Waals surface area (Å²) in [5, 5.41) is 26.1. The van der Waals surface area contributed by atoms with Crippen LogP contribution in [0.4, 0.5) is 22.7 Å².